The molecule has 2 aromatic rings. The van der Waals surface area contributed by atoms with Crippen LogP contribution in [0.2, 0.25) is 0 Å². The summed E-state index contributed by atoms with van der Waals surface area (Å²) in [6.07, 6.45) is 1.40. The van der Waals surface area contributed by atoms with Gasteiger partial charge in [0.25, 0.3) is 11.8 Å². The predicted octanol–water partition coefficient (Wildman–Crippen LogP) is 3.29. The molecule has 1 aliphatic rings. The van der Waals surface area contributed by atoms with Crippen molar-refractivity contribution in [2.24, 2.45) is 0 Å². The van der Waals surface area contributed by atoms with E-state index in [4.69, 9.17) is 9.68 Å². The third-order valence-corrected chi connectivity index (χ3v) is 4.47. The van der Waals surface area contributed by atoms with Gasteiger partial charge in [-0.2, -0.15) is 5.26 Å². The third kappa shape index (κ3) is 3.45. The molecule has 8 heteroatoms. The van der Waals surface area contributed by atoms with Crippen molar-refractivity contribution >= 4 is 39.8 Å². The molecule has 2 amide bonds. The maximum atomic E-state index is 12.1. The number of benzene rings is 1. The zero-order valence-corrected chi connectivity index (χ0v) is 15.5. The van der Waals surface area contributed by atoms with Crippen molar-refractivity contribution in [2.45, 2.75) is 6.92 Å². The Bertz CT molecular complexity index is 1100. The van der Waals surface area contributed by atoms with Gasteiger partial charge in [-0.3, -0.25) is 14.9 Å². The number of nitrogens with one attached hydrogen (secondary N) is 1. The first-order valence-corrected chi connectivity index (χ1v) is 8.43. The number of imide groups is 1. The van der Waals surface area contributed by atoms with Gasteiger partial charge in [0, 0.05) is 15.6 Å². The van der Waals surface area contributed by atoms with Gasteiger partial charge in [0.15, 0.2) is 0 Å². The molecule has 1 aromatic carbocycles. The number of nitrogens with zero attached hydrogens (tertiary/aromatic N) is 1. The van der Waals surface area contributed by atoms with Gasteiger partial charge < -0.3 is 9.52 Å². The molecule has 27 heavy (non-hydrogen) atoms. The van der Waals surface area contributed by atoms with Gasteiger partial charge in [0.05, 0.1) is 5.56 Å². The fourth-order valence-electron chi connectivity index (χ4n) is 2.64. The first-order valence-electron chi connectivity index (χ1n) is 7.63. The van der Waals surface area contributed by atoms with Crippen molar-refractivity contribution < 1.29 is 23.9 Å². The van der Waals surface area contributed by atoms with Crippen LogP contribution in [0.15, 0.2) is 55.9 Å². The second-order valence-electron chi connectivity index (χ2n) is 5.65. The highest BCUT2D eigenvalue weighted by atomic mass is 79.9. The first kappa shape index (κ1) is 18.4. The Kier molecular flexibility index (Phi) is 4.79. The summed E-state index contributed by atoms with van der Waals surface area (Å²) in [7, 11) is 0. The fourth-order valence-corrected chi connectivity index (χ4v) is 3.00. The van der Waals surface area contributed by atoms with Crippen LogP contribution in [0.5, 0.6) is 0 Å². The summed E-state index contributed by atoms with van der Waals surface area (Å²) in [6.45, 7) is 1.50. The molecule has 0 atom stereocenters. The van der Waals surface area contributed by atoms with E-state index in [0.717, 1.165) is 0 Å². The zero-order chi connectivity index (χ0) is 19.7. The van der Waals surface area contributed by atoms with Crippen LogP contribution in [0, 0.1) is 11.3 Å². The Labute approximate surface area is 161 Å². The molecule has 0 fully saturated rings. The summed E-state index contributed by atoms with van der Waals surface area (Å²) in [5.74, 6) is -1.89. The van der Waals surface area contributed by atoms with E-state index in [-0.39, 0.29) is 28.0 Å². The smallest absolute Gasteiger partial charge is 0.336 e. The van der Waals surface area contributed by atoms with Gasteiger partial charge in [0.2, 0.25) is 0 Å². The van der Waals surface area contributed by atoms with Crippen molar-refractivity contribution in [1.82, 2.24) is 5.32 Å². The lowest BCUT2D eigenvalue weighted by molar-refractivity contribution is -0.126. The number of carbonyl (C=O) groups excluding carboxylic acids is 2. The van der Waals surface area contributed by atoms with Gasteiger partial charge in [0.1, 0.15) is 23.2 Å². The predicted molar refractivity (Wildman–Crippen MR) is 98.2 cm³/mol. The number of hydrogen-bond donors (Lipinski definition) is 2. The molecule has 0 aliphatic carbocycles. The number of carboxylic acid groups (broad SMARTS) is 1. The topological polar surface area (TPSA) is 120 Å². The minimum absolute atomic E-state index is 0.0572. The van der Waals surface area contributed by atoms with Crippen molar-refractivity contribution in [3.63, 3.8) is 0 Å². The highest BCUT2D eigenvalue weighted by Gasteiger charge is 2.27. The molecular weight excluding hydrogens is 416 g/mol. The molecule has 0 radical (unpaired) electrons. The molecule has 0 unspecified atom stereocenters. The van der Waals surface area contributed by atoms with E-state index in [1.54, 1.807) is 30.3 Å². The van der Waals surface area contributed by atoms with E-state index in [1.165, 1.54) is 19.1 Å². The minimum Gasteiger partial charge on any atom is -0.478 e. The minimum atomic E-state index is -1.11. The number of carbonyl (C=O) groups is 3. The average Bonchev–Trinajstić information content (AvgIpc) is 3.07. The Balaban J connectivity index is 2.05. The van der Waals surface area contributed by atoms with Crippen LogP contribution in [0.4, 0.5) is 0 Å². The number of amides is 2. The number of carboxylic acids is 1. The van der Waals surface area contributed by atoms with Gasteiger partial charge in [-0.1, -0.05) is 15.9 Å². The first-order chi connectivity index (χ1) is 12.8. The molecule has 7 nitrogen and oxygen atoms in total. The van der Waals surface area contributed by atoms with Crippen LogP contribution < -0.4 is 5.32 Å². The maximum absolute atomic E-state index is 12.1. The van der Waals surface area contributed by atoms with Crippen molar-refractivity contribution in [2.75, 3.05) is 0 Å². The van der Waals surface area contributed by atoms with Crippen LogP contribution in [-0.2, 0) is 9.59 Å². The van der Waals surface area contributed by atoms with Gasteiger partial charge in [-0.05, 0) is 48.9 Å². The summed E-state index contributed by atoms with van der Waals surface area (Å²) in [5.41, 5.74) is 0.666. The fraction of sp³-hybridized carbons (Fsp3) is 0.0526. The van der Waals surface area contributed by atoms with Crippen LogP contribution >= 0.6 is 15.9 Å². The molecule has 1 aliphatic heterocycles. The molecular formula is C19H11BrN2O5. The monoisotopic (exact) mass is 426 g/mol. The van der Waals surface area contributed by atoms with E-state index in [2.05, 4.69) is 21.2 Å². The van der Waals surface area contributed by atoms with Crippen molar-refractivity contribution in [1.29, 1.82) is 5.26 Å². The highest BCUT2D eigenvalue weighted by Crippen LogP contribution is 2.30. The largest absolute Gasteiger partial charge is 0.478 e. The lowest BCUT2D eigenvalue weighted by Crippen LogP contribution is -2.37. The summed E-state index contributed by atoms with van der Waals surface area (Å²) in [6, 6.07) is 9.68. The quantitative estimate of drug-likeness (QED) is 0.573. The molecule has 0 saturated heterocycles. The number of nitriles is 1. The number of aromatic carboxylic acids is 1. The Morgan fingerprint density at radius 1 is 1.26 bits per heavy atom. The number of halogens is 1. The molecule has 134 valence electrons. The second-order valence-corrected chi connectivity index (χ2v) is 6.57. The number of rotatable bonds is 3. The van der Waals surface area contributed by atoms with E-state index < -0.39 is 17.8 Å². The molecule has 1 aromatic heterocycles. The van der Waals surface area contributed by atoms with Gasteiger partial charge >= 0.3 is 5.97 Å². The summed E-state index contributed by atoms with van der Waals surface area (Å²) >= 11 is 3.23. The lowest BCUT2D eigenvalue weighted by atomic mass is 9.96. The Morgan fingerprint density at radius 2 is 2.00 bits per heavy atom. The summed E-state index contributed by atoms with van der Waals surface area (Å²) in [5, 5.41) is 20.5. The van der Waals surface area contributed by atoms with Gasteiger partial charge in [-0.15, -0.1) is 0 Å². The standard InChI is InChI=1S/C19H11BrN2O5/c1-9-13(17(23)22-18(24)15(9)8-21)7-11-3-5-16(27-11)12-4-2-10(20)6-14(12)19(25)26/h2-7H,1H3,(H,25,26)(H,22,23,24). The summed E-state index contributed by atoms with van der Waals surface area (Å²) < 4.78 is 6.29. The Morgan fingerprint density at radius 3 is 2.67 bits per heavy atom. The lowest BCUT2D eigenvalue weighted by Gasteiger charge is -2.15. The van der Waals surface area contributed by atoms with E-state index in [1.807, 2.05) is 0 Å². The maximum Gasteiger partial charge on any atom is 0.336 e. The number of hydrogen-bond acceptors (Lipinski definition) is 5. The molecule has 0 spiro atoms. The molecule has 3 rings (SSSR count). The SMILES string of the molecule is CC1=C(C#N)C(=O)NC(=O)C1=Cc1ccc(-c2ccc(Br)cc2C(=O)O)o1. The Hall–Kier alpha value is -3.44. The van der Waals surface area contributed by atoms with Crippen LogP contribution in [0.3, 0.4) is 0 Å². The molecule has 2 heterocycles. The summed E-state index contributed by atoms with van der Waals surface area (Å²) in [4.78, 5) is 35.2. The van der Waals surface area contributed by atoms with Crippen LogP contribution in [-0.4, -0.2) is 22.9 Å². The van der Waals surface area contributed by atoms with Crippen molar-refractivity contribution in [3.8, 4) is 17.4 Å². The zero-order valence-electron chi connectivity index (χ0n) is 13.9. The van der Waals surface area contributed by atoms with E-state index in [0.29, 0.717) is 15.8 Å². The molecule has 0 bridgehead atoms. The van der Waals surface area contributed by atoms with Gasteiger partial charge in [-0.25, -0.2) is 4.79 Å². The van der Waals surface area contributed by atoms with E-state index in [9.17, 15) is 19.5 Å². The average molecular weight is 427 g/mol. The number of furan rings is 1. The molecule has 0 saturated carbocycles. The normalized spacial score (nSPS) is 15.7. The van der Waals surface area contributed by atoms with E-state index >= 15 is 0 Å². The third-order valence-electron chi connectivity index (χ3n) is 3.98. The van der Waals surface area contributed by atoms with Crippen molar-refractivity contribution in [3.05, 3.63) is 62.8 Å². The van der Waals surface area contributed by atoms with Crippen LogP contribution in [0.1, 0.15) is 23.0 Å². The van der Waals surface area contributed by atoms with Crippen LogP contribution in [0.25, 0.3) is 17.4 Å². The second kappa shape index (κ2) is 7.05. The highest BCUT2D eigenvalue weighted by molar-refractivity contribution is 9.10. The molecule has 2 N–H and O–H groups in total.